The molecule has 2 fully saturated rings. The minimum atomic E-state index is -3.29. The number of sulfone groups is 1. The molecule has 1 N–H and O–H groups in total. The fourth-order valence-corrected chi connectivity index (χ4v) is 5.92. The van der Waals surface area contributed by atoms with Crippen LogP contribution in [-0.4, -0.2) is 54.9 Å². The Morgan fingerprint density at radius 1 is 1.13 bits per heavy atom. The summed E-state index contributed by atoms with van der Waals surface area (Å²) in [6, 6.07) is 10.1. The summed E-state index contributed by atoms with van der Waals surface area (Å²) < 4.78 is 30.1. The van der Waals surface area contributed by atoms with E-state index in [1.54, 1.807) is 0 Å². The number of hydrogen-bond donors (Lipinski definition) is 1. The van der Waals surface area contributed by atoms with Gasteiger partial charge in [0.25, 0.3) is 0 Å². The summed E-state index contributed by atoms with van der Waals surface area (Å²) in [7, 11) is -3.29. The zero-order valence-electron chi connectivity index (χ0n) is 17.4. The summed E-state index contributed by atoms with van der Waals surface area (Å²) in [5, 5.41) is 1.02. The van der Waals surface area contributed by atoms with Crippen LogP contribution in [0.4, 0.5) is 5.82 Å². The van der Waals surface area contributed by atoms with Gasteiger partial charge < -0.3 is 14.6 Å². The maximum Gasteiger partial charge on any atom is 0.162 e. The molecule has 2 atom stereocenters. The lowest BCUT2D eigenvalue weighted by molar-refractivity contribution is 0.0752. The van der Waals surface area contributed by atoms with E-state index in [2.05, 4.69) is 23.7 Å². The van der Waals surface area contributed by atoms with Crippen LogP contribution in [0.5, 0.6) is 0 Å². The van der Waals surface area contributed by atoms with Crippen LogP contribution in [0, 0.1) is 0 Å². The van der Waals surface area contributed by atoms with Crippen LogP contribution in [0.15, 0.2) is 36.5 Å². The largest absolute Gasteiger partial charge is 0.377 e. The number of benzene rings is 1. The van der Waals surface area contributed by atoms with E-state index >= 15 is 0 Å². The molecule has 1 aromatic carbocycles. The number of ether oxygens (including phenoxy) is 1. The van der Waals surface area contributed by atoms with Crippen LogP contribution >= 0.6 is 0 Å². The summed E-state index contributed by atoms with van der Waals surface area (Å²) in [6.45, 7) is 5.44. The molecule has 7 nitrogen and oxygen atoms in total. The van der Waals surface area contributed by atoms with Crippen molar-refractivity contribution in [2.45, 2.75) is 43.5 Å². The zero-order chi connectivity index (χ0) is 21.1. The summed E-state index contributed by atoms with van der Waals surface area (Å²) in [5.74, 6) is 1.33. The molecule has 2 aliphatic rings. The van der Waals surface area contributed by atoms with Crippen molar-refractivity contribution in [3.8, 4) is 11.4 Å². The third-order valence-corrected chi connectivity index (χ3v) is 8.40. The summed E-state index contributed by atoms with van der Waals surface area (Å²) >= 11 is 0. The molecule has 0 radical (unpaired) electrons. The van der Waals surface area contributed by atoms with Crippen LogP contribution in [0.2, 0.25) is 0 Å². The van der Waals surface area contributed by atoms with Gasteiger partial charge in [-0.05, 0) is 38.8 Å². The molecule has 3 heterocycles. The first-order valence-corrected chi connectivity index (χ1v) is 12.2. The lowest BCUT2D eigenvalue weighted by atomic mass is 10.1. The van der Waals surface area contributed by atoms with E-state index in [1.807, 2.05) is 36.5 Å². The predicted molar refractivity (Wildman–Crippen MR) is 117 cm³/mol. The first-order valence-electron chi connectivity index (χ1n) is 10.3. The number of nitrogens with one attached hydrogen (secondary N) is 1. The van der Waals surface area contributed by atoms with Gasteiger partial charge >= 0.3 is 0 Å². The lowest BCUT2D eigenvalue weighted by Crippen LogP contribution is -2.50. The number of aromatic amines is 1. The molecule has 2 aromatic heterocycles. The van der Waals surface area contributed by atoms with Crippen LogP contribution in [0.3, 0.4) is 0 Å². The highest BCUT2D eigenvalue weighted by Gasteiger charge is 2.55. The Morgan fingerprint density at radius 2 is 1.87 bits per heavy atom. The summed E-state index contributed by atoms with van der Waals surface area (Å²) in [6.07, 6.45) is 4.41. The maximum absolute atomic E-state index is 12.7. The van der Waals surface area contributed by atoms with Crippen molar-refractivity contribution in [2.24, 2.45) is 0 Å². The lowest BCUT2D eigenvalue weighted by Gasteiger charge is -2.40. The molecule has 1 aliphatic carbocycles. The first kappa shape index (κ1) is 19.5. The second-order valence-electron chi connectivity index (χ2n) is 8.59. The topological polar surface area (TPSA) is 88.2 Å². The molecule has 0 bridgehead atoms. The highest BCUT2D eigenvalue weighted by molar-refractivity contribution is 7.91. The Bertz CT molecular complexity index is 1210. The Morgan fingerprint density at radius 3 is 2.53 bits per heavy atom. The van der Waals surface area contributed by atoms with Gasteiger partial charge in [0.05, 0.1) is 31.0 Å². The van der Waals surface area contributed by atoms with Gasteiger partial charge in [-0.25, -0.2) is 18.4 Å². The van der Waals surface area contributed by atoms with E-state index in [0.717, 1.165) is 22.3 Å². The molecule has 30 heavy (non-hydrogen) atoms. The first-order chi connectivity index (χ1) is 14.3. The highest BCUT2D eigenvalue weighted by atomic mass is 32.2. The molecule has 1 aliphatic heterocycles. The molecule has 2 unspecified atom stereocenters. The van der Waals surface area contributed by atoms with E-state index in [-0.39, 0.29) is 12.1 Å². The van der Waals surface area contributed by atoms with Crippen LogP contribution in [-0.2, 0) is 19.3 Å². The van der Waals surface area contributed by atoms with E-state index in [4.69, 9.17) is 14.7 Å². The van der Waals surface area contributed by atoms with Crippen molar-refractivity contribution >= 4 is 26.6 Å². The fourth-order valence-electron chi connectivity index (χ4n) is 4.59. The summed E-state index contributed by atoms with van der Waals surface area (Å²) in [4.78, 5) is 15.2. The van der Waals surface area contributed by atoms with Gasteiger partial charge in [0.15, 0.2) is 15.7 Å². The molecular weight excluding hydrogens is 400 g/mol. The maximum atomic E-state index is 12.7. The zero-order valence-corrected chi connectivity index (χ0v) is 18.2. The molecule has 5 rings (SSSR count). The number of anilines is 1. The Hall–Kier alpha value is -2.45. The van der Waals surface area contributed by atoms with Gasteiger partial charge in [-0.15, -0.1) is 0 Å². The van der Waals surface area contributed by atoms with Crippen molar-refractivity contribution in [3.63, 3.8) is 0 Å². The van der Waals surface area contributed by atoms with Crippen LogP contribution in [0.25, 0.3) is 22.3 Å². The molecule has 0 amide bonds. The quantitative estimate of drug-likeness (QED) is 0.689. The number of fused-ring (bicyclic) bond motifs is 1. The van der Waals surface area contributed by atoms with Crippen LogP contribution in [0.1, 0.15) is 32.4 Å². The van der Waals surface area contributed by atoms with Gasteiger partial charge in [-0.3, -0.25) is 0 Å². The number of morpholine rings is 1. The number of nitrogens with zero attached hydrogens (tertiary/aromatic N) is 3. The number of H-pyrrole nitrogens is 1. The molecule has 3 aromatic rings. The van der Waals surface area contributed by atoms with E-state index in [0.29, 0.717) is 37.6 Å². The number of hydrogen-bond acceptors (Lipinski definition) is 6. The Balaban J connectivity index is 1.73. The fraction of sp³-hybridized carbons (Fsp3) is 0.455. The van der Waals surface area contributed by atoms with E-state index < -0.39 is 14.6 Å². The average molecular weight is 427 g/mol. The second-order valence-corrected chi connectivity index (χ2v) is 10.9. The Labute approximate surface area is 176 Å². The third kappa shape index (κ3) is 3.01. The van der Waals surface area contributed by atoms with Crippen molar-refractivity contribution in [1.29, 1.82) is 0 Å². The smallest absolute Gasteiger partial charge is 0.162 e. The Kier molecular flexibility index (Phi) is 4.41. The minimum Gasteiger partial charge on any atom is -0.377 e. The second kappa shape index (κ2) is 6.78. The van der Waals surface area contributed by atoms with Gasteiger partial charge in [0.1, 0.15) is 10.6 Å². The predicted octanol–water partition coefficient (Wildman–Crippen LogP) is 3.27. The highest BCUT2D eigenvalue weighted by Crippen LogP contribution is 2.52. The van der Waals surface area contributed by atoms with Crippen LogP contribution < -0.4 is 4.90 Å². The molecule has 1 saturated heterocycles. The molecule has 1 saturated carbocycles. The van der Waals surface area contributed by atoms with Crippen molar-refractivity contribution in [1.82, 2.24) is 15.0 Å². The van der Waals surface area contributed by atoms with Crippen molar-refractivity contribution in [3.05, 3.63) is 42.2 Å². The molecular formula is C22H26N4O3S. The standard InChI is InChI=1S/C22H26N4O3S/c1-14-12-29-13-15(2)26(14)20-11-19(22(8-9-22)30(3,27)28)24-21(25-20)17-5-4-6-18-16(17)7-10-23-18/h4-7,10-11,14-15,23H,8-9,12-13H2,1-3H3. The molecule has 0 spiro atoms. The normalized spacial score (nSPS) is 23.6. The van der Waals surface area contributed by atoms with E-state index in [1.165, 1.54) is 6.26 Å². The minimum absolute atomic E-state index is 0.140. The summed E-state index contributed by atoms with van der Waals surface area (Å²) in [5.41, 5.74) is 2.50. The molecule has 8 heteroatoms. The van der Waals surface area contributed by atoms with Gasteiger partial charge in [-0.1, -0.05) is 12.1 Å². The van der Waals surface area contributed by atoms with Crippen molar-refractivity contribution in [2.75, 3.05) is 24.4 Å². The monoisotopic (exact) mass is 426 g/mol. The van der Waals surface area contributed by atoms with Gasteiger partial charge in [-0.2, -0.15) is 0 Å². The number of aromatic nitrogens is 3. The third-order valence-electron chi connectivity index (χ3n) is 6.36. The SMILES string of the molecule is CC1COCC(C)N1c1cc(C2(S(C)(=O)=O)CC2)nc(-c2cccc3[nH]ccc23)n1. The van der Waals surface area contributed by atoms with Gasteiger partial charge in [0, 0.05) is 35.0 Å². The van der Waals surface area contributed by atoms with Crippen molar-refractivity contribution < 1.29 is 13.2 Å². The average Bonchev–Trinajstić information content (AvgIpc) is 3.39. The number of rotatable bonds is 4. The van der Waals surface area contributed by atoms with Gasteiger partial charge in [0.2, 0.25) is 0 Å². The van der Waals surface area contributed by atoms with E-state index in [9.17, 15) is 8.42 Å². The molecule has 158 valence electrons.